The molecule has 0 fully saturated rings. The van der Waals surface area contributed by atoms with Gasteiger partial charge in [-0.15, -0.1) is 0 Å². The van der Waals surface area contributed by atoms with Crippen molar-refractivity contribution >= 4 is 22.7 Å². The number of carbonyl (C=O) groups excluding carboxylic acids is 1. The summed E-state index contributed by atoms with van der Waals surface area (Å²) in [5.74, 6) is 0.967. The summed E-state index contributed by atoms with van der Waals surface area (Å²) in [4.78, 5) is 15.8. The first-order valence-corrected chi connectivity index (χ1v) is 7.85. The molecule has 1 aromatic heterocycles. The normalized spacial score (nSPS) is 12.3. The molecule has 0 aliphatic heterocycles. The van der Waals surface area contributed by atoms with Gasteiger partial charge in [0.05, 0.1) is 0 Å². The Morgan fingerprint density at radius 2 is 2.09 bits per heavy atom. The number of fused-ring (bicyclic) bond motifs is 1. The van der Waals surface area contributed by atoms with Crippen molar-refractivity contribution in [1.29, 1.82) is 0 Å². The molecular weight excluding hydrogens is 288 g/mol. The number of anilines is 1. The minimum atomic E-state index is -0.0992. The van der Waals surface area contributed by atoms with Gasteiger partial charge >= 0.3 is 0 Å². The number of amides is 1. The molecule has 4 heteroatoms. The van der Waals surface area contributed by atoms with Crippen LogP contribution in [0.5, 0.6) is 0 Å². The van der Waals surface area contributed by atoms with Crippen LogP contribution in [0.25, 0.3) is 22.6 Å². The van der Waals surface area contributed by atoms with Crippen LogP contribution in [0.15, 0.2) is 46.9 Å². The Bertz CT molecular complexity index is 851. The fourth-order valence-corrected chi connectivity index (χ4v) is 2.54. The maximum absolute atomic E-state index is 11.2. The Morgan fingerprint density at radius 1 is 1.26 bits per heavy atom. The lowest BCUT2D eigenvalue weighted by molar-refractivity contribution is -0.114. The zero-order chi connectivity index (χ0) is 16.4. The van der Waals surface area contributed by atoms with E-state index in [1.54, 1.807) is 0 Å². The van der Waals surface area contributed by atoms with E-state index in [4.69, 9.17) is 4.42 Å². The summed E-state index contributed by atoms with van der Waals surface area (Å²) in [5, 5.41) is 2.77. The van der Waals surface area contributed by atoms with E-state index in [-0.39, 0.29) is 5.91 Å². The van der Waals surface area contributed by atoms with Gasteiger partial charge in [0.25, 0.3) is 0 Å². The fourth-order valence-electron chi connectivity index (χ4n) is 2.54. The van der Waals surface area contributed by atoms with E-state index in [0.29, 0.717) is 11.8 Å². The number of hydrogen-bond acceptors (Lipinski definition) is 3. The van der Waals surface area contributed by atoms with Crippen molar-refractivity contribution in [2.75, 3.05) is 5.32 Å². The smallest absolute Gasteiger partial charge is 0.227 e. The predicted molar refractivity (Wildman–Crippen MR) is 92.5 cm³/mol. The minimum Gasteiger partial charge on any atom is -0.436 e. The highest BCUT2D eigenvalue weighted by atomic mass is 16.3. The lowest BCUT2D eigenvalue weighted by Gasteiger charge is -2.07. The fraction of sp³-hybridized carbons (Fsp3) is 0.263. The van der Waals surface area contributed by atoms with Crippen LogP contribution in [0.4, 0.5) is 5.69 Å². The highest BCUT2D eigenvalue weighted by Gasteiger charge is 2.11. The average molecular weight is 308 g/mol. The van der Waals surface area contributed by atoms with E-state index in [1.165, 1.54) is 12.5 Å². The molecule has 1 heterocycles. The van der Waals surface area contributed by atoms with E-state index in [1.807, 2.05) is 30.3 Å². The number of benzene rings is 2. The number of aromatic nitrogens is 1. The molecule has 4 nitrogen and oxygen atoms in total. The largest absolute Gasteiger partial charge is 0.436 e. The van der Waals surface area contributed by atoms with Gasteiger partial charge < -0.3 is 9.73 Å². The maximum atomic E-state index is 11.2. The lowest BCUT2D eigenvalue weighted by Crippen LogP contribution is -2.05. The summed E-state index contributed by atoms with van der Waals surface area (Å²) in [7, 11) is 0. The standard InChI is InChI=1S/C19H20N2O2/c1-4-12(2)14-8-9-18-17(11-14)21-19(23-18)15-6-5-7-16(10-15)20-13(3)22/h5-12H,4H2,1-3H3,(H,20,22). The molecule has 3 rings (SSSR count). The van der Waals surface area contributed by atoms with Crippen LogP contribution in [0.3, 0.4) is 0 Å². The van der Waals surface area contributed by atoms with E-state index in [0.717, 1.165) is 28.8 Å². The molecule has 3 aromatic rings. The van der Waals surface area contributed by atoms with Crippen molar-refractivity contribution in [3.63, 3.8) is 0 Å². The summed E-state index contributed by atoms with van der Waals surface area (Å²) < 4.78 is 5.86. The molecule has 0 aliphatic rings. The third-order valence-corrected chi connectivity index (χ3v) is 4.02. The van der Waals surface area contributed by atoms with E-state index >= 15 is 0 Å². The first-order valence-electron chi connectivity index (χ1n) is 7.85. The molecule has 0 saturated carbocycles. The van der Waals surface area contributed by atoms with Gasteiger partial charge in [-0.25, -0.2) is 4.98 Å². The Morgan fingerprint density at radius 3 is 2.83 bits per heavy atom. The molecule has 0 aliphatic carbocycles. The zero-order valence-corrected chi connectivity index (χ0v) is 13.6. The van der Waals surface area contributed by atoms with Crippen molar-refractivity contribution < 1.29 is 9.21 Å². The molecule has 1 unspecified atom stereocenters. The van der Waals surface area contributed by atoms with E-state index < -0.39 is 0 Å². The quantitative estimate of drug-likeness (QED) is 0.740. The summed E-state index contributed by atoms with van der Waals surface area (Å²) >= 11 is 0. The van der Waals surface area contributed by atoms with Crippen molar-refractivity contribution in [2.45, 2.75) is 33.1 Å². The van der Waals surface area contributed by atoms with Crippen LogP contribution in [-0.2, 0) is 4.79 Å². The average Bonchev–Trinajstić information content (AvgIpc) is 2.97. The monoisotopic (exact) mass is 308 g/mol. The molecule has 0 saturated heterocycles. The van der Waals surface area contributed by atoms with Crippen LogP contribution >= 0.6 is 0 Å². The van der Waals surface area contributed by atoms with Gasteiger partial charge in [-0.1, -0.05) is 26.0 Å². The van der Waals surface area contributed by atoms with Gasteiger partial charge in [-0.3, -0.25) is 4.79 Å². The minimum absolute atomic E-state index is 0.0992. The van der Waals surface area contributed by atoms with Crippen molar-refractivity contribution in [1.82, 2.24) is 4.98 Å². The molecule has 0 radical (unpaired) electrons. The van der Waals surface area contributed by atoms with Crippen molar-refractivity contribution in [2.24, 2.45) is 0 Å². The van der Waals surface area contributed by atoms with Crippen LogP contribution in [0.2, 0.25) is 0 Å². The summed E-state index contributed by atoms with van der Waals surface area (Å²) in [6.45, 7) is 5.87. The van der Waals surface area contributed by atoms with Crippen molar-refractivity contribution in [3.05, 3.63) is 48.0 Å². The molecule has 1 amide bonds. The van der Waals surface area contributed by atoms with Gasteiger partial charge in [0, 0.05) is 18.2 Å². The Kier molecular flexibility index (Phi) is 4.15. The van der Waals surface area contributed by atoms with Crippen LogP contribution in [0, 0.1) is 0 Å². The molecule has 0 bridgehead atoms. The Labute approximate surface area is 135 Å². The van der Waals surface area contributed by atoms with Gasteiger partial charge in [0.15, 0.2) is 5.58 Å². The Hall–Kier alpha value is -2.62. The number of carbonyl (C=O) groups is 1. The molecule has 23 heavy (non-hydrogen) atoms. The van der Waals surface area contributed by atoms with Crippen LogP contribution in [-0.4, -0.2) is 10.9 Å². The van der Waals surface area contributed by atoms with Crippen LogP contribution < -0.4 is 5.32 Å². The third-order valence-electron chi connectivity index (χ3n) is 4.02. The van der Waals surface area contributed by atoms with Gasteiger partial charge in [0.2, 0.25) is 11.8 Å². The second-order valence-electron chi connectivity index (χ2n) is 5.82. The first-order chi connectivity index (χ1) is 11.1. The number of hydrogen-bond donors (Lipinski definition) is 1. The van der Waals surface area contributed by atoms with Gasteiger partial charge in [0.1, 0.15) is 5.52 Å². The van der Waals surface area contributed by atoms with E-state index in [9.17, 15) is 4.79 Å². The summed E-state index contributed by atoms with van der Waals surface area (Å²) in [6.07, 6.45) is 1.09. The molecule has 0 spiro atoms. The molecule has 1 N–H and O–H groups in total. The van der Waals surface area contributed by atoms with Crippen LogP contribution in [0.1, 0.15) is 38.7 Å². The number of nitrogens with zero attached hydrogens (tertiary/aromatic N) is 1. The van der Waals surface area contributed by atoms with Crippen molar-refractivity contribution in [3.8, 4) is 11.5 Å². The second kappa shape index (κ2) is 6.24. The number of rotatable bonds is 4. The Balaban J connectivity index is 1.98. The highest BCUT2D eigenvalue weighted by molar-refractivity contribution is 5.89. The summed E-state index contributed by atoms with van der Waals surface area (Å²) in [6, 6.07) is 13.7. The summed E-state index contributed by atoms with van der Waals surface area (Å²) in [5.41, 5.74) is 4.49. The lowest BCUT2D eigenvalue weighted by atomic mass is 9.98. The molecular formula is C19H20N2O2. The topological polar surface area (TPSA) is 55.1 Å². The van der Waals surface area contributed by atoms with Gasteiger partial charge in [-0.05, 0) is 48.2 Å². The van der Waals surface area contributed by atoms with Gasteiger partial charge in [-0.2, -0.15) is 0 Å². The molecule has 1 atom stereocenters. The second-order valence-corrected chi connectivity index (χ2v) is 5.82. The van der Waals surface area contributed by atoms with E-state index in [2.05, 4.69) is 36.3 Å². The SMILES string of the molecule is CCC(C)c1ccc2oc(-c3cccc(NC(C)=O)c3)nc2c1. The number of oxazole rings is 1. The third kappa shape index (κ3) is 3.26. The number of nitrogens with one attached hydrogen (secondary N) is 1. The molecule has 2 aromatic carbocycles. The first kappa shape index (κ1) is 15.3. The molecule has 118 valence electrons. The maximum Gasteiger partial charge on any atom is 0.227 e. The highest BCUT2D eigenvalue weighted by Crippen LogP contribution is 2.29. The zero-order valence-electron chi connectivity index (χ0n) is 13.6. The predicted octanol–water partition coefficient (Wildman–Crippen LogP) is 4.97.